The molecule has 0 spiro atoms. The number of nitrogens with zero attached hydrogens (tertiary/aromatic N) is 4. The monoisotopic (exact) mass is 248 g/mol. The van der Waals surface area contributed by atoms with Gasteiger partial charge in [-0.3, -0.25) is 9.36 Å². The Balaban J connectivity index is 2.24. The van der Waals surface area contributed by atoms with Gasteiger partial charge in [-0.1, -0.05) is 0 Å². The third kappa shape index (κ3) is 2.18. The Morgan fingerprint density at radius 3 is 2.67 bits per heavy atom. The van der Waals surface area contributed by atoms with Crippen LogP contribution in [0.5, 0.6) is 0 Å². The normalized spacial score (nSPS) is 12.9. The Morgan fingerprint density at radius 2 is 2.11 bits per heavy atom. The van der Waals surface area contributed by atoms with Crippen LogP contribution in [0.25, 0.3) is 0 Å². The highest BCUT2D eigenvalue weighted by Gasteiger charge is 2.18. The van der Waals surface area contributed by atoms with Gasteiger partial charge in [0.25, 0.3) is 0 Å². The van der Waals surface area contributed by atoms with Gasteiger partial charge >= 0.3 is 0 Å². The molecular weight excluding hydrogens is 228 g/mol. The highest BCUT2D eigenvalue weighted by atomic mass is 16.3. The predicted octanol–water partition coefficient (Wildman–Crippen LogP) is 1.53. The van der Waals surface area contributed by atoms with E-state index < -0.39 is 6.10 Å². The maximum Gasteiger partial charge on any atom is 0.0998 e. The molecule has 0 aromatic carbocycles. The minimum atomic E-state index is -0.533. The van der Waals surface area contributed by atoms with Crippen molar-refractivity contribution >= 4 is 0 Å². The number of hydrogen-bond acceptors (Lipinski definition) is 3. The van der Waals surface area contributed by atoms with Gasteiger partial charge in [0.2, 0.25) is 0 Å². The smallest absolute Gasteiger partial charge is 0.0998 e. The summed E-state index contributed by atoms with van der Waals surface area (Å²) in [6.45, 7) is 6.79. The number of aliphatic hydroxyl groups excluding tert-OH is 1. The molecule has 0 aliphatic carbocycles. The van der Waals surface area contributed by atoms with Crippen molar-refractivity contribution in [3.8, 4) is 0 Å². The summed E-state index contributed by atoms with van der Waals surface area (Å²) in [7, 11) is 1.93. The summed E-state index contributed by atoms with van der Waals surface area (Å²) in [6.07, 6.45) is 1.77. The van der Waals surface area contributed by atoms with Crippen LogP contribution in [0, 0.1) is 13.8 Å². The van der Waals surface area contributed by atoms with Gasteiger partial charge in [-0.05, 0) is 32.4 Å². The molecule has 2 aromatic rings. The summed E-state index contributed by atoms with van der Waals surface area (Å²) in [5.41, 5.74) is 4.07. The molecule has 0 fully saturated rings. The van der Waals surface area contributed by atoms with E-state index in [2.05, 4.69) is 10.2 Å². The van der Waals surface area contributed by atoms with E-state index in [4.69, 9.17) is 0 Å². The lowest BCUT2D eigenvalue weighted by Crippen LogP contribution is -2.11. The highest BCUT2D eigenvalue weighted by Crippen LogP contribution is 2.22. The number of aromatic nitrogens is 4. The van der Waals surface area contributed by atoms with Gasteiger partial charge in [0.15, 0.2) is 0 Å². The van der Waals surface area contributed by atoms with Crippen molar-refractivity contribution in [1.29, 1.82) is 0 Å². The van der Waals surface area contributed by atoms with Gasteiger partial charge in [0.05, 0.1) is 17.5 Å². The molecule has 0 amide bonds. The third-order valence-corrected chi connectivity index (χ3v) is 3.45. The van der Waals surface area contributed by atoms with Crippen LogP contribution >= 0.6 is 0 Å². The first kappa shape index (κ1) is 12.8. The summed E-state index contributed by atoms with van der Waals surface area (Å²) in [5.74, 6) is 0. The maximum atomic E-state index is 10.3. The van der Waals surface area contributed by atoms with Gasteiger partial charge in [-0.15, -0.1) is 0 Å². The number of aryl methyl sites for hydroxylation is 3. The molecule has 5 heteroatoms. The Morgan fingerprint density at radius 1 is 1.39 bits per heavy atom. The topological polar surface area (TPSA) is 55.9 Å². The predicted molar refractivity (Wildman–Crippen MR) is 69.2 cm³/mol. The van der Waals surface area contributed by atoms with Crippen LogP contribution in [-0.2, 0) is 20.0 Å². The molecule has 0 aliphatic heterocycles. The lowest BCUT2D eigenvalue weighted by atomic mass is 10.0. The molecule has 2 aromatic heterocycles. The van der Waals surface area contributed by atoms with E-state index in [-0.39, 0.29) is 0 Å². The molecule has 2 heterocycles. The summed E-state index contributed by atoms with van der Waals surface area (Å²) < 4.78 is 3.68. The van der Waals surface area contributed by atoms with E-state index >= 15 is 0 Å². The van der Waals surface area contributed by atoms with Crippen LogP contribution in [0.1, 0.15) is 35.7 Å². The first-order valence-electron chi connectivity index (χ1n) is 6.23. The van der Waals surface area contributed by atoms with Crippen LogP contribution < -0.4 is 0 Å². The van der Waals surface area contributed by atoms with Crippen LogP contribution in [0.15, 0.2) is 12.3 Å². The van der Waals surface area contributed by atoms with Crippen LogP contribution in [0.2, 0.25) is 0 Å². The lowest BCUT2D eigenvalue weighted by molar-refractivity contribution is 0.166. The highest BCUT2D eigenvalue weighted by molar-refractivity contribution is 5.26. The molecule has 0 bridgehead atoms. The second kappa shape index (κ2) is 4.94. The molecule has 1 atom stereocenters. The summed E-state index contributed by atoms with van der Waals surface area (Å²) in [4.78, 5) is 0. The van der Waals surface area contributed by atoms with Crippen LogP contribution in [0.3, 0.4) is 0 Å². The van der Waals surface area contributed by atoms with E-state index in [0.29, 0.717) is 6.42 Å². The molecule has 18 heavy (non-hydrogen) atoms. The molecule has 2 rings (SSSR count). The molecule has 0 aliphatic rings. The van der Waals surface area contributed by atoms with Crippen molar-refractivity contribution < 1.29 is 5.11 Å². The lowest BCUT2D eigenvalue weighted by Gasteiger charge is -2.12. The average Bonchev–Trinajstić information content (AvgIpc) is 2.90. The summed E-state index contributed by atoms with van der Waals surface area (Å²) in [5, 5.41) is 18.9. The molecule has 0 radical (unpaired) electrons. The van der Waals surface area contributed by atoms with E-state index in [0.717, 1.165) is 29.2 Å². The molecule has 1 N–H and O–H groups in total. The molecule has 0 saturated heterocycles. The zero-order chi connectivity index (χ0) is 13.3. The Hall–Kier alpha value is -1.62. The van der Waals surface area contributed by atoms with E-state index in [9.17, 15) is 5.11 Å². The first-order chi connectivity index (χ1) is 8.54. The fraction of sp³-hybridized carbons (Fsp3) is 0.538. The molecule has 98 valence electrons. The van der Waals surface area contributed by atoms with Gasteiger partial charge in [0.1, 0.15) is 0 Å². The standard InChI is InChI=1S/C13H20N4O/c1-5-17-12(6-7-14-17)13(18)8-11-9(2)15-16(4)10(11)3/h6-7,13,18H,5,8H2,1-4H3. The fourth-order valence-electron chi connectivity index (χ4n) is 2.30. The summed E-state index contributed by atoms with van der Waals surface area (Å²) in [6, 6.07) is 1.87. The van der Waals surface area contributed by atoms with Crippen molar-refractivity contribution in [2.75, 3.05) is 0 Å². The Bertz CT molecular complexity index is 541. The van der Waals surface area contributed by atoms with Gasteiger partial charge < -0.3 is 5.11 Å². The van der Waals surface area contributed by atoms with E-state index in [1.54, 1.807) is 6.20 Å². The molecule has 5 nitrogen and oxygen atoms in total. The molecule has 0 saturated carbocycles. The van der Waals surface area contributed by atoms with Crippen molar-refractivity contribution in [1.82, 2.24) is 19.6 Å². The average molecular weight is 248 g/mol. The Labute approximate surface area is 107 Å². The van der Waals surface area contributed by atoms with E-state index in [1.165, 1.54) is 0 Å². The fourth-order valence-corrected chi connectivity index (χ4v) is 2.30. The van der Waals surface area contributed by atoms with Gasteiger partial charge in [-0.2, -0.15) is 10.2 Å². The Kier molecular flexibility index (Phi) is 3.52. The van der Waals surface area contributed by atoms with E-state index in [1.807, 2.05) is 43.2 Å². The SMILES string of the molecule is CCn1nccc1C(O)Cc1c(C)nn(C)c1C. The van der Waals surface area contributed by atoms with Crippen molar-refractivity contribution in [3.63, 3.8) is 0 Å². The third-order valence-electron chi connectivity index (χ3n) is 3.45. The maximum absolute atomic E-state index is 10.3. The van der Waals surface area contributed by atoms with Crippen molar-refractivity contribution in [2.45, 2.75) is 39.8 Å². The van der Waals surface area contributed by atoms with Gasteiger partial charge in [0, 0.05) is 31.9 Å². The number of rotatable bonds is 4. The molecular formula is C13H20N4O. The number of aliphatic hydroxyl groups is 1. The van der Waals surface area contributed by atoms with Crippen LogP contribution in [-0.4, -0.2) is 24.7 Å². The minimum absolute atomic E-state index is 0.533. The second-order valence-corrected chi connectivity index (χ2v) is 4.56. The number of hydrogen-bond donors (Lipinski definition) is 1. The second-order valence-electron chi connectivity index (χ2n) is 4.56. The zero-order valence-corrected chi connectivity index (χ0v) is 11.4. The minimum Gasteiger partial charge on any atom is -0.386 e. The zero-order valence-electron chi connectivity index (χ0n) is 11.4. The first-order valence-corrected chi connectivity index (χ1v) is 6.23. The van der Waals surface area contributed by atoms with Crippen LogP contribution in [0.4, 0.5) is 0 Å². The van der Waals surface area contributed by atoms with Crippen molar-refractivity contribution in [3.05, 3.63) is 34.9 Å². The van der Waals surface area contributed by atoms with Crippen molar-refractivity contribution in [2.24, 2.45) is 7.05 Å². The molecule has 1 unspecified atom stereocenters. The largest absolute Gasteiger partial charge is 0.386 e. The van der Waals surface area contributed by atoms with Gasteiger partial charge in [-0.25, -0.2) is 0 Å². The quantitative estimate of drug-likeness (QED) is 0.892. The summed E-state index contributed by atoms with van der Waals surface area (Å²) >= 11 is 0.